The third-order valence-corrected chi connectivity index (χ3v) is 7.68. The number of methoxy groups -OCH3 is 1. The van der Waals surface area contributed by atoms with Crippen molar-refractivity contribution in [1.82, 2.24) is 4.90 Å². The zero-order valence-corrected chi connectivity index (χ0v) is 24.5. The number of aromatic hydroxyl groups is 1. The zero-order valence-electron chi connectivity index (χ0n) is 23.3. The van der Waals surface area contributed by atoms with Gasteiger partial charge >= 0.3 is 0 Å². The number of carbonyl (C=O) groups is 1. The first-order valence-electron chi connectivity index (χ1n) is 13.2. The van der Waals surface area contributed by atoms with Crippen molar-refractivity contribution in [3.63, 3.8) is 0 Å². The number of anilines is 1. The smallest absolute Gasteiger partial charge is 0.254 e. The second-order valence-corrected chi connectivity index (χ2v) is 11.2. The first-order chi connectivity index (χ1) is 18.6. The molecule has 0 bridgehead atoms. The van der Waals surface area contributed by atoms with Crippen LogP contribution in [-0.4, -0.2) is 41.7 Å². The molecule has 0 radical (unpaired) electrons. The maximum absolute atomic E-state index is 13.5. The average Bonchev–Trinajstić information content (AvgIpc) is 2.89. The SMILES string of the molecule is CCN(CC)C(=O)c1cc(P)ccc1/C=C1\Oc2ccc(O)c(OC)c2-c2ccc3c(c21)C(C)=CC(C)(C)N3. The molecule has 3 aromatic carbocycles. The van der Waals surface area contributed by atoms with E-state index in [4.69, 9.17) is 9.47 Å². The molecule has 1 amide bonds. The number of allylic oxidation sites excluding steroid dienone is 1. The van der Waals surface area contributed by atoms with Crippen molar-refractivity contribution in [2.75, 3.05) is 25.5 Å². The van der Waals surface area contributed by atoms with Gasteiger partial charge in [0.05, 0.1) is 18.2 Å². The van der Waals surface area contributed by atoms with Gasteiger partial charge in [-0.15, -0.1) is 9.24 Å². The minimum Gasteiger partial charge on any atom is -0.504 e. The number of nitrogens with one attached hydrogen (secondary N) is 1. The number of phenols is 1. The zero-order chi connectivity index (χ0) is 28.1. The van der Waals surface area contributed by atoms with Crippen molar-refractivity contribution in [3.8, 4) is 28.4 Å². The van der Waals surface area contributed by atoms with Crippen molar-refractivity contribution >= 4 is 43.5 Å². The number of fused-ring (bicyclic) bond motifs is 5. The van der Waals surface area contributed by atoms with Crippen molar-refractivity contribution in [2.45, 2.75) is 40.2 Å². The van der Waals surface area contributed by atoms with Crippen molar-refractivity contribution < 1.29 is 19.4 Å². The number of benzene rings is 3. The number of carbonyl (C=O) groups excluding carboxylic acids is 1. The molecule has 2 aliphatic rings. The van der Waals surface area contributed by atoms with Crippen LogP contribution in [0.25, 0.3) is 28.5 Å². The molecule has 2 heterocycles. The Morgan fingerprint density at radius 1 is 1.10 bits per heavy atom. The summed E-state index contributed by atoms with van der Waals surface area (Å²) in [6.07, 6.45) is 4.16. The normalized spacial score (nSPS) is 15.8. The molecule has 6 nitrogen and oxygen atoms in total. The second kappa shape index (κ2) is 10.1. The van der Waals surface area contributed by atoms with Gasteiger partial charge in [-0.1, -0.05) is 24.3 Å². The van der Waals surface area contributed by atoms with E-state index in [0.29, 0.717) is 41.5 Å². The lowest BCUT2D eigenvalue weighted by molar-refractivity contribution is 0.0773. The molecule has 0 fully saturated rings. The molecule has 1 atom stereocenters. The molecule has 5 rings (SSSR count). The molecule has 0 saturated carbocycles. The van der Waals surface area contributed by atoms with Gasteiger partial charge in [0.25, 0.3) is 5.91 Å². The highest BCUT2D eigenvalue weighted by atomic mass is 31.0. The topological polar surface area (TPSA) is 71.0 Å². The number of rotatable bonds is 5. The summed E-state index contributed by atoms with van der Waals surface area (Å²) in [5.74, 6) is 1.59. The predicted octanol–water partition coefficient (Wildman–Crippen LogP) is 6.55. The maximum Gasteiger partial charge on any atom is 0.254 e. The first kappa shape index (κ1) is 26.8. The van der Waals surface area contributed by atoms with Crippen LogP contribution in [0.1, 0.15) is 61.7 Å². The van der Waals surface area contributed by atoms with Gasteiger partial charge in [0.2, 0.25) is 0 Å². The van der Waals surface area contributed by atoms with Crippen LogP contribution < -0.4 is 20.1 Å². The highest BCUT2D eigenvalue weighted by Gasteiger charge is 2.33. The van der Waals surface area contributed by atoms with Gasteiger partial charge < -0.3 is 24.8 Å². The summed E-state index contributed by atoms with van der Waals surface area (Å²) in [6, 6.07) is 13.3. The maximum atomic E-state index is 13.5. The van der Waals surface area contributed by atoms with E-state index in [1.807, 2.05) is 49.1 Å². The average molecular weight is 543 g/mol. The van der Waals surface area contributed by atoms with Gasteiger partial charge in [-0.3, -0.25) is 4.79 Å². The van der Waals surface area contributed by atoms with E-state index in [1.165, 1.54) is 0 Å². The molecule has 0 aromatic heterocycles. The summed E-state index contributed by atoms with van der Waals surface area (Å²) in [6.45, 7) is 11.6. The van der Waals surface area contributed by atoms with Gasteiger partial charge in [-0.2, -0.15) is 0 Å². The fourth-order valence-electron chi connectivity index (χ4n) is 5.66. The van der Waals surface area contributed by atoms with Crippen LogP contribution in [-0.2, 0) is 0 Å². The Bertz CT molecular complexity index is 1550. The van der Waals surface area contributed by atoms with Crippen LogP contribution in [0.15, 0.2) is 48.5 Å². The van der Waals surface area contributed by atoms with Crippen LogP contribution in [0.2, 0.25) is 0 Å². The highest BCUT2D eigenvalue weighted by molar-refractivity contribution is 7.27. The van der Waals surface area contributed by atoms with E-state index >= 15 is 0 Å². The standard InChI is InChI=1S/C32H35N2O4P/c1-7-34(8-2)31(36)22-16-20(39)10-9-19(22)15-26-28-21(29-25(38-26)14-13-24(35)30(29)37-6)11-12-23-27(28)18(3)17-32(4,5)33-23/h9-17,33,35H,7-8,39H2,1-6H3/b26-15-. The van der Waals surface area contributed by atoms with E-state index in [-0.39, 0.29) is 17.2 Å². The third kappa shape index (κ3) is 4.68. The van der Waals surface area contributed by atoms with E-state index in [9.17, 15) is 9.90 Å². The van der Waals surface area contributed by atoms with Crippen molar-refractivity contribution in [3.05, 3.63) is 70.8 Å². The van der Waals surface area contributed by atoms with E-state index in [1.54, 1.807) is 19.2 Å². The fraction of sp³-hybridized carbons (Fsp3) is 0.281. The van der Waals surface area contributed by atoms with Gasteiger partial charge in [0, 0.05) is 41.0 Å². The molecule has 202 valence electrons. The van der Waals surface area contributed by atoms with Crippen LogP contribution >= 0.6 is 9.24 Å². The van der Waals surface area contributed by atoms with Crippen molar-refractivity contribution in [2.24, 2.45) is 0 Å². The van der Waals surface area contributed by atoms with Gasteiger partial charge in [0.1, 0.15) is 11.5 Å². The van der Waals surface area contributed by atoms with Crippen LogP contribution in [0.3, 0.4) is 0 Å². The molecule has 0 spiro atoms. The summed E-state index contributed by atoms with van der Waals surface area (Å²) in [4.78, 5) is 15.3. The molecular weight excluding hydrogens is 507 g/mol. The Balaban J connectivity index is 1.80. The van der Waals surface area contributed by atoms with Crippen LogP contribution in [0.5, 0.6) is 17.2 Å². The predicted molar refractivity (Wildman–Crippen MR) is 163 cm³/mol. The van der Waals surface area contributed by atoms with Crippen LogP contribution in [0, 0.1) is 0 Å². The van der Waals surface area contributed by atoms with Gasteiger partial charge in [-0.05, 0) is 81.4 Å². The molecule has 0 aliphatic carbocycles. The number of amides is 1. The third-order valence-electron chi connectivity index (χ3n) is 7.32. The molecule has 1 unspecified atom stereocenters. The van der Waals surface area contributed by atoms with E-state index in [2.05, 4.69) is 47.5 Å². The summed E-state index contributed by atoms with van der Waals surface area (Å²) in [7, 11) is 4.23. The lowest BCUT2D eigenvalue weighted by Gasteiger charge is -2.35. The minimum atomic E-state index is -0.212. The molecule has 2 N–H and O–H groups in total. The highest BCUT2D eigenvalue weighted by Crippen LogP contribution is 2.54. The quantitative estimate of drug-likeness (QED) is 0.358. The summed E-state index contributed by atoms with van der Waals surface area (Å²) in [5.41, 5.74) is 6.79. The Morgan fingerprint density at radius 2 is 1.85 bits per heavy atom. The largest absolute Gasteiger partial charge is 0.504 e. The Morgan fingerprint density at radius 3 is 2.54 bits per heavy atom. The van der Waals surface area contributed by atoms with Gasteiger partial charge in [-0.25, -0.2) is 0 Å². The summed E-state index contributed by atoms with van der Waals surface area (Å²) < 4.78 is 12.2. The van der Waals surface area contributed by atoms with E-state index in [0.717, 1.165) is 38.8 Å². The molecule has 2 aliphatic heterocycles. The molecule has 0 saturated heterocycles. The molecule has 3 aromatic rings. The molecular formula is C32H35N2O4P. The van der Waals surface area contributed by atoms with Gasteiger partial charge in [0.15, 0.2) is 11.5 Å². The number of hydrogen-bond donors (Lipinski definition) is 2. The Hall–Kier alpha value is -3.76. The first-order valence-corrected chi connectivity index (χ1v) is 13.8. The van der Waals surface area contributed by atoms with Crippen LogP contribution in [0.4, 0.5) is 5.69 Å². The molecule has 7 heteroatoms. The molecule has 39 heavy (non-hydrogen) atoms. The monoisotopic (exact) mass is 542 g/mol. The van der Waals surface area contributed by atoms with E-state index < -0.39 is 0 Å². The number of phenolic OH excluding ortho intramolecular Hbond substituents is 1. The summed E-state index contributed by atoms with van der Waals surface area (Å²) >= 11 is 0. The summed E-state index contributed by atoms with van der Waals surface area (Å²) in [5, 5.41) is 15.2. The minimum absolute atomic E-state index is 0.0197. The van der Waals surface area contributed by atoms with Crippen molar-refractivity contribution in [1.29, 1.82) is 0 Å². The number of nitrogens with zero attached hydrogens (tertiary/aromatic N) is 1. The number of hydrogen-bond acceptors (Lipinski definition) is 5. The number of ether oxygens (including phenoxy) is 2. The second-order valence-electron chi connectivity index (χ2n) is 10.5. The Kier molecular flexibility index (Phi) is 6.94. The lowest BCUT2D eigenvalue weighted by Crippen LogP contribution is -2.32. The lowest BCUT2D eigenvalue weighted by atomic mass is 9.82. The Labute approximate surface area is 232 Å². The fourth-order valence-corrected chi connectivity index (χ4v) is 5.92.